The molecule has 6 nitrogen and oxygen atoms in total. The van der Waals surface area contributed by atoms with Crippen LogP contribution in [0.1, 0.15) is 52.4 Å². The van der Waals surface area contributed by atoms with Crippen LogP contribution in [-0.4, -0.2) is 55.1 Å². The van der Waals surface area contributed by atoms with Crippen LogP contribution >= 0.6 is 17.0 Å². The van der Waals surface area contributed by atoms with E-state index in [0.717, 1.165) is 30.3 Å². The molecule has 0 atom stereocenters. The van der Waals surface area contributed by atoms with Gasteiger partial charge in [0.15, 0.2) is 0 Å². The van der Waals surface area contributed by atoms with Crippen LogP contribution in [0.15, 0.2) is 24.3 Å². The van der Waals surface area contributed by atoms with Gasteiger partial charge in [0.1, 0.15) is 18.4 Å². The van der Waals surface area contributed by atoms with E-state index >= 15 is 0 Å². The van der Waals surface area contributed by atoms with Crippen LogP contribution in [0.25, 0.3) is 0 Å². The Morgan fingerprint density at radius 3 is 2.43 bits per heavy atom. The van der Waals surface area contributed by atoms with Gasteiger partial charge < -0.3 is 29.5 Å². The van der Waals surface area contributed by atoms with Crippen molar-refractivity contribution < 1.29 is 24.2 Å². The zero-order chi connectivity index (χ0) is 20.0. The Morgan fingerprint density at radius 2 is 1.86 bits per heavy atom. The summed E-state index contributed by atoms with van der Waals surface area (Å²) in [5.41, 5.74) is 0.430. The molecule has 0 aliphatic carbocycles. The molecule has 1 aliphatic heterocycles. The Balaban J connectivity index is 0.000000535. The quantitative estimate of drug-likeness (QED) is 0.435. The van der Waals surface area contributed by atoms with Crippen molar-refractivity contribution in [3.8, 4) is 5.75 Å². The highest BCUT2D eigenvalue weighted by atomic mass is 79.9. The zero-order valence-electron chi connectivity index (χ0n) is 17.3. The fourth-order valence-electron chi connectivity index (χ4n) is 3.43. The van der Waals surface area contributed by atoms with Crippen molar-refractivity contribution in [2.24, 2.45) is 0 Å². The lowest BCUT2D eigenvalue weighted by atomic mass is 10.1. The number of aliphatic hydroxyl groups is 1. The van der Waals surface area contributed by atoms with Gasteiger partial charge in [-0.15, -0.1) is 17.0 Å². The topological polar surface area (TPSA) is 81.6 Å². The number of piperidine rings is 1. The van der Waals surface area contributed by atoms with Crippen molar-refractivity contribution in [1.29, 1.82) is 0 Å². The lowest BCUT2D eigenvalue weighted by Gasteiger charge is -2.40. The number of carboxylic acid groups (broad SMARTS) is 1. The van der Waals surface area contributed by atoms with E-state index in [9.17, 15) is 9.90 Å². The molecule has 7 heteroatoms. The number of carbonyl (C=O) groups excluding carboxylic acids is 1. The fraction of sp³-hybridized carbons (Fsp3) is 0.667. The number of nitrogens with zero attached hydrogens (tertiary/aromatic N) is 1. The van der Waals surface area contributed by atoms with Crippen molar-refractivity contribution in [3.63, 3.8) is 0 Å². The Kier molecular flexibility index (Phi) is 14.9. The number of benzene rings is 1. The molecule has 162 valence electrons. The van der Waals surface area contributed by atoms with E-state index in [4.69, 9.17) is 9.84 Å². The molecular weight excluding hydrogens is 424 g/mol. The Bertz CT molecular complexity index is 531. The first-order valence-electron chi connectivity index (χ1n) is 10.2. The second kappa shape index (κ2) is 15.6. The highest BCUT2D eigenvalue weighted by Crippen LogP contribution is 2.23. The second-order valence-electron chi connectivity index (χ2n) is 7.08. The van der Waals surface area contributed by atoms with E-state index < -0.39 is 6.09 Å². The fourth-order valence-corrected chi connectivity index (χ4v) is 3.43. The molecule has 1 saturated heterocycles. The highest BCUT2D eigenvalue weighted by molar-refractivity contribution is 8.93. The summed E-state index contributed by atoms with van der Waals surface area (Å²) in [5.74, 6) is 0.544. The van der Waals surface area contributed by atoms with E-state index in [1.165, 1.54) is 38.9 Å². The Morgan fingerprint density at radius 1 is 1.18 bits per heavy atom. The predicted octanol–water partition coefficient (Wildman–Crippen LogP) is 3.59. The summed E-state index contributed by atoms with van der Waals surface area (Å²) in [6, 6.07) is 6.92. The number of hydrogen-bond acceptors (Lipinski definition) is 4. The number of likely N-dealkylation sites (N-methyl/N-ethyl adjacent to an activating group) is 1. The zero-order valence-corrected chi connectivity index (χ0v) is 19.0. The third-order valence-electron chi connectivity index (χ3n) is 5.14. The average Bonchev–Trinajstić information content (AvgIpc) is 2.67. The van der Waals surface area contributed by atoms with Crippen molar-refractivity contribution in [1.82, 2.24) is 0 Å². The number of carbonyl (C=O) groups is 1. The van der Waals surface area contributed by atoms with E-state index in [1.54, 1.807) is 24.3 Å². The van der Waals surface area contributed by atoms with Crippen LogP contribution in [0.2, 0.25) is 0 Å². The number of rotatable bonds is 9. The Hall–Kier alpha value is -1.31. The first-order valence-corrected chi connectivity index (χ1v) is 10.2. The molecule has 0 radical (unpaired) electrons. The molecule has 1 heterocycles. The van der Waals surface area contributed by atoms with Crippen molar-refractivity contribution in [3.05, 3.63) is 24.3 Å². The second-order valence-corrected chi connectivity index (χ2v) is 7.08. The minimum atomic E-state index is -1.33. The molecule has 0 spiro atoms. The molecule has 1 aliphatic rings. The van der Waals surface area contributed by atoms with Gasteiger partial charge in [0, 0.05) is 0 Å². The maximum atomic E-state index is 10.4. The maximum absolute atomic E-state index is 10.4. The van der Waals surface area contributed by atoms with E-state index in [0.29, 0.717) is 24.7 Å². The van der Waals surface area contributed by atoms with Crippen LogP contribution < -0.4 is 15.2 Å². The van der Waals surface area contributed by atoms with E-state index in [2.05, 4.69) is 19.2 Å². The predicted molar refractivity (Wildman–Crippen MR) is 117 cm³/mol. The first-order chi connectivity index (χ1) is 13.1. The molecular formula is C21H37BrN2O4. The van der Waals surface area contributed by atoms with Gasteiger partial charge in [-0.1, -0.05) is 31.9 Å². The van der Waals surface area contributed by atoms with Crippen LogP contribution in [-0.2, 0) is 0 Å². The van der Waals surface area contributed by atoms with Gasteiger partial charge >= 0.3 is 0 Å². The SMILES string of the molecule is Br.CCCCCOc1ccccc1NC(=O)[O-].CC[N+]1(CCO)CCCCC1. The number of likely N-dealkylation sites (tertiary alicyclic amines) is 1. The summed E-state index contributed by atoms with van der Waals surface area (Å²) in [6.45, 7) is 10.0. The molecule has 0 unspecified atom stereocenters. The lowest BCUT2D eigenvalue weighted by molar-refractivity contribution is -0.931. The molecule has 2 N–H and O–H groups in total. The number of unbranched alkanes of at least 4 members (excludes halogenated alkanes) is 2. The number of halogens is 1. The summed E-state index contributed by atoms with van der Waals surface area (Å²) in [7, 11) is 0. The third-order valence-corrected chi connectivity index (χ3v) is 5.14. The summed E-state index contributed by atoms with van der Waals surface area (Å²) in [5, 5.41) is 21.5. The minimum absolute atomic E-state index is 0. The number of ether oxygens (including phenoxy) is 1. The highest BCUT2D eigenvalue weighted by Gasteiger charge is 2.26. The molecule has 0 bridgehead atoms. The molecule has 1 fully saturated rings. The maximum Gasteiger partial charge on any atom is 0.142 e. The third kappa shape index (κ3) is 10.3. The van der Waals surface area contributed by atoms with Crippen LogP contribution in [0, 0.1) is 0 Å². The van der Waals surface area contributed by atoms with Crippen LogP contribution in [0.3, 0.4) is 0 Å². The lowest BCUT2D eigenvalue weighted by Crippen LogP contribution is -2.52. The van der Waals surface area contributed by atoms with Gasteiger partial charge in [-0.05, 0) is 44.7 Å². The molecule has 0 aromatic heterocycles. The molecule has 1 amide bonds. The number of quaternary nitrogens is 1. The monoisotopic (exact) mass is 460 g/mol. The molecule has 28 heavy (non-hydrogen) atoms. The van der Waals surface area contributed by atoms with Crippen LogP contribution in [0.5, 0.6) is 5.75 Å². The number of amides is 1. The van der Waals surface area contributed by atoms with Gasteiger partial charge in [-0.2, -0.15) is 0 Å². The number of hydrogen-bond donors (Lipinski definition) is 2. The number of aliphatic hydroxyl groups excluding tert-OH is 1. The van der Waals surface area contributed by atoms with E-state index in [1.807, 2.05) is 0 Å². The minimum Gasteiger partial charge on any atom is -0.530 e. The smallest absolute Gasteiger partial charge is 0.142 e. The summed E-state index contributed by atoms with van der Waals surface area (Å²) in [6.07, 6.45) is 5.98. The van der Waals surface area contributed by atoms with Gasteiger partial charge in [0.25, 0.3) is 0 Å². The average molecular weight is 461 g/mol. The van der Waals surface area contributed by atoms with Gasteiger partial charge in [-0.3, -0.25) is 0 Å². The number of anilines is 1. The number of para-hydroxylation sites is 2. The summed E-state index contributed by atoms with van der Waals surface area (Å²) < 4.78 is 6.65. The van der Waals surface area contributed by atoms with Crippen molar-refractivity contribution in [2.75, 3.05) is 44.7 Å². The Labute approximate surface area is 180 Å². The van der Waals surface area contributed by atoms with Crippen LogP contribution in [0.4, 0.5) is 10.5 Å². The molecule has 1 aromatic carbocycles. The standard InChI is InChI=1S/C12H17NO3.C9H20NO.BrH/c1-2-3-6-9-16-11-8-5-4-7-10(11)13-12(14)15;1-2-10(8-9-11)6-4-3-5-7-10;/h4-5,7-8,13H,2-3,6,9H2,1H3,(H,14,15);11H,2-9H2,1H3;1H/q;+1;/p-1. The summed E-state index contributed by atoms with van der Waals surface area (Å²) >= 11 is 0. The van der Waals surface area contributed by atoms with Gasteiger partial charge in [0.05, 0.1) is 38.5 Å². The largest absolute Gasteiger partial charge is 0.530 e. The summed E-state index contributed by atoms with van der Waals surface area (Å²) in [4.78, 5) is 10.4. The van der Waals surface area contributed by atoms with Crippen molar-refractivity contribution in [2.45, 2.75) is 52.4 Å². The number of nitrogens with one attached hydrogen (secondary N) is 1. The normalized spacial score (nSPS) is 14.8. The van der Waals surface area contributed by atoms with Crippen molar-refractivity contribution >= 4 is 28.8 Å². The van der Waals surface area contributed by atoms with E-state index in [-0.39, 0.29) is 17.0 Å². The van der Waals surface area contributed by atoms with Gasteiger partial charge in [0.2, 0.25) is 0 Å². The molecule has 2 rings (SSSR count). The molecule has 0 saturated carbocycles. The molecule has 1 aromatic rings. The first kappa shape index (κ1) is 26.7. The van der Waals surface area contributed by atoms with Gasteiger partial charge in [-0.25, -0.2) is 0 Å².